The molecular formula is C10H19N3OS. The summed E-state index contributed by atoms with van der Waals surface area (Å²) in [4.78, 5) is 0. The van der Waals surface area contributed by atoms with Gasteiger partial charge in [-0.05, 0) is 20.0 Å². The average Bonchev–Trinajstić information content (AvgIpc) is 2.52. The van der Waals surface area contributed by atoms with E-state index in [1.54, 1.807) is 18.9 Å². The molecular weight excluding hydrogens is 210 g/mol. The van der Waals surface area contributed by atoms with Crippen molar-refractivity contribution in [1.82, 2.24) is 15.1 Å². The first-order valence-corrected chi connectivity index (χ1v) is 5.95. The molecule has 0 radical (unpaired) electrons. The summed E-state index contributed by atoms with van der Waals surface area (Å²) >= 11 is 1.80. The van der Waals surface area contributed by atoms with Gasteiger partial charge in [-0.3, -0.25) is 4.68 Å². The third-order valence-corrected chi connectivity index (χ3v) is 3.41. The minimum absolute atomic E-state index is 0.384. The molecule has 0 aliphatic heterocycles. The van der Waals surface area contributed by atoms with Gasteiger partial charge in [0.1, 0.15) is 0 Å². The quantitative estimate of drug-likeness (QED) is 0.740. The Morgan fingerprint density at radius 2 is 2.40 bits per heavy atom. The fraction of sp³-hybridized carbons (Fsp3) is 0.700. The summed E-state index contributed by atoms with van der Waals surface area (Å²) < 4.78 is 7.04. The zero-order chi connectivity index (χ0) is 11.3. The molecule has 1 unspecified atom stereocenters. The van der Waals surface area contributed by atoms with Gasteiger partial charge in [-0.1, -0.05) is 0 Å². The molecule has 1 aromatic rings. The fourth-order valence-corrected chi connectivity index (χ4v) is 2.44. The molecule has 0 bridgehead atoms. The van der Waals surface area contributed by atoms with Crippen molar-refractivity contribution in [2.45, 2.75) is 18.0 Å². The highest BCUT2D eigenvalue weighted by atomic mass is 32.2. The summed E-state index contributed by atoms with van der Waals surface area (Å²) in [6.45, 7) is 2.75. The predicted octanol–water partition coefficient (Wildman–Crippen LogP) is 1.06. The van der Waals surface area contributed by atoms with Gasteiger partial charge in [0, 0.05) is 26.0 Å². The maximum Gasteiger partial charge on any atom is 0.0939 e. The fourth-order valence-electron chi connectivity index (χ4n) is 1.32. The molecule has 0 aromatic carbocycles. The third kappa shape index (κ3) is 3.85. The normalized spacial score (nSPS) is 13.1. The van der Waals surface area contributed by atoms with E-state index in [2.05, 4.69) is 16.5 Å². The van der Waals surface area contributed by atoms with Crippen LogP contribution >= 0.6 is 11.8 Å². The Morgan fingerprint density at radius 3 is 2.87 bits per heavy atom. The predicted molar refractivity (Wildman–Crippen MR) is 63.4 cm³/mol. The van der Waals surface area contributed by atoms with Crippen LogP contribution in [0.25, 0.3) is 0 Å². The summed E-state index contributed by atoms with van der Waals surface area (Å²) in [6.07, 6.45) is 0. The van der Waals surface area contributed by atoms with Gasteiger partial charge < -0.3 is 10.1 Å². The second-order valence-corrected chi connectivity index (χ2v) is 4.54. The molecule has 15 heavy (non-hydrogen) atoms. The Hall–Kier alpha value is -0.520. The second kappa shape index (κ2) is 6.15. The Kier molecular flexibility index (Phi) is 5.14. The number of hydrogen-bond acceptors (Lipinski definition) is 4. The molecule has 1 N–H and O–H groups in total. The Labute approximate surface area is 95.4 Å². The van der Waals surface area contributed by atoms with E-state index >= 15 is 0 Å². The number of aromatic nitrogens is 2. The Balaban J connectivity index is 2.44. The molecule has 0 spiro atoms. The van der Waals surface area contributed by atoms with Gasteiger partial charge in [-0.25, -0.2) is 0 Å². The zero-order valence-electron chi connectivity index (χ0n) is 9.78. The number of methoxy groups -OCH3 is 1. The van der Waals surface area contributed by atoms with Gasteiger partial charge in [0.2, 0.25) is 0 Å². The van der Waals surface area contributed by atoms with Crippen LogP contribution in [0, 0.1) is 6.92 Å². The van der Waals surface area contributed by atoms with E-state index < -0.39 is 0 Å². The van der Waals surface area contributed by atoms with E-state index in [1.807, 2.05) is 25.7 Å². The average molecular weight is 229 g/mol. The third-order valence-electron chi connectivity index (χ3n) is 2.17. The standard InChI is InChI=1S/C10H19N3OS/c1-8-5-10(13(3)12-8)15-7-9(11-2)6-14-4/h5,9,11H,6-7H2,1-4H3. The van der Waals surface area contributed by atoms with Crippen LogP contribution in [0.2, 0.25) is 0 Å². The molecule has 1 aromatic heterocycles. The maximum absolute atomic E-state index is 5.12. The molecule has 0 saturated heterocycles. The van der Waals surface area contributed by atoms with Gasteiger partial charge in [-0.15, -0.1) is 11.8 Å². The number of likely N-dealkylation sites (N-methyl/N-ethyl adjacent to an activating group) is 1. The van der Waals surface area contributed by atoms with Gasteiger partial charge in [-0.2, -0.15) is 5.10 Å². The molecule has 1 atom stereocenters. The summed E-state index contributed by atoms with van der Waals surface area (Å²) in [5.74, 6) is 0.989. The van der Waals surface area contributed by atoms with E-state index in [1.165, 1.54) is 5.03 Å². The van der Waals surface area contributed by atoms with Crippen LogP contribution in [-0.2, 0) is 11.8 Å². The molecule has 0 aliphatic carbocycles. The smallest absolute Gasteiger partial charge is 0.0939 e. The minimum atomic E-state index is 0.384. The number of hydrogen-bond donors (Lipinski definition) is 1. The van der Waals surface area contributed by atoms with Crippen molar-refractivity contribution >= 4 is 11.8 Å². The lowest BCUT2D eigenvalue weighted by molar-refractivity contribution is 0.177. The maximum atomic E-state index is 5.12. The summed E-state index contributed by atoms with van der Waals surface area (Å²) in [6, 6.07) is 2.49. The van der Waals surface area contributed by atoms with Crippen molar-refractivity contribution in [3.63, 3.8) is 0 Å². The highest BCUT2D eigenvalue weighted by molar-refractivity contribution is 7.99. The van der Waals surface area contributed by atoms with Crippen molar-refractivity contribution < 1.29 is 4.74 Å². The molecule has 1 heterocycles. The van der Waals surface area contributed by atoms with Crippen molar-refractivity contribution in [2.24, 2.45) is 7.05 Å². The minimum Gasteiger partial charge on any atom is -0.383 e. The van der Waals surface area contributed by atoms with E-state index in [9.17, 15) is 0 Å². The number of thioether (sulfide) groups is 1. The van der Waals surface area contributed by atoms with Crippen LogP contribution in [0.15, 0.2) is 11.1 Å². The van der Waals surface area contributed by atoms with Gasteiger partial charge >= 0.3 is 0 Å². The van der Waals surface area contributed by atoms with Crippen molar-refractivity contribution in [1.29, 1.82) is 0 Å². The lowest BCUT2D eigenvalue weighted by atomic mass is 10.4. The largest absolute Gasteiger partial charge is 0.383 e. The lowest BCUT2D eigenvalue weighted by Gasteiger charge is -2.14. The van der Waals surface area contributed by atoms with Gasteiger partial charge in [0.25, 0.3) is 0 Å². The van der Waals surface area contributed by atoms with Crippen molar-refractivity contribution in [3.8, 4) is 0 Å². The molecule has 1 rings (SSSR count). The van der Waals surface area contributed by atoms with E-state index in [-0.39, 0.29) is 0 Å². The van der Waals surface area contributed by atoms with E-state index in [0.29, 0.717) is 6.04 Å². The number of ether oxygens (including phenoxy) is 1. The van der Waals surface area contributed by atoms with E-state index in [4.69, 9.17) is 4.74 Å². The summed E-state index contributed by atoms with van der Waals surface area (Å²) in [7, 11) is 5.65. The van der Waals surface area contributed by atoms with Crippen LogP contribution in [0.3, 0.4) is 0 Å². The van der Waals surface area contributed by atoms with Crippen LogP contribution < -0.4 is 5.32 Å². The molecule has 0 fully saturated rings. The second-order valence-electron chi connectivity index (χ2n) is 3.50. The van der Waals surface area contributed by atoms with Gasteiger partial charge in [0.15, 0.2) is 0 Å². The van der Waals surface area contributed by atoms with Gasteiger partial charge in [0.05, 0.1) is 17.3 Å². The number of aryl methyl sites for hydroxylation is 2. The molecule has 0 amide bonds. The summed E-state index contributed by atoms with van der Waals surface area (Å²) in [5.41, 5.74) is 1.06. The Morgan fingerprint density at radius 1 is 1.67 bits per heavy atom. The van der Waals surface area contributed by atoms with Crippen LogP contribution in [0.1, 0.15) is 5.69 Å². The number of rotatable bonds is 6. The van der Waals surface area contributed by atoms with Crippen LogP contribution in [-0.4, -0.2) is 42.3 Å². The Bertz CT molecular complexity index is 301. The first-order valence-electron chi connectivity index (χ1n) is 4.97. The van der Waals surface area contributed by atoms with Crippen LogP contribution in [0.4, 0.5) is 0 Å². The topological polar surface area (TPSA) is 39.1 Å². The number of nitrogens with zero attached hydrogens (tertiary/aromatic N) is 2. The highest BCUT2D eigenvalue weighted by Gasteiger charge is 2.08. The first-order chi connectivity index (χ1) is 7.17. The molecule has 0 aliphatic rings. The summed E-state index contributed by atoms with van der Waals surface area (Å²) in [5, 5.41) is 8.73. The SMILES string of the molecule is CNC(COC)CSc1cc(C)nn1C. The molecule has 86 valence electrons. The first kappa shape index (κ1) is 12.5. The molecule has 4 nitrogen and oxygen atoms in total. The highest BCUT2D eigenvalue weighted by Crippen LogP contribution is 2.18. The van der Waals surface area contributed by atoms with E-state index in [0.717, 1.165) is 18.1 Å². The van der Waals surface area contributed by atoms with Crippen molar-refractivity contribution in [3.05, 3.63) is 11.8 Å². The molecule has 0 saturated carbocycles. The van der Waals surface area contributed by atoms with Crippen LogP contribution in [0.5, 0.6) is 0 Å². The lowest BCUT2D eigenvalue weighted by Crippen LogP contribution is -2.32. The zero-order valence-corrected chi connectivity index (χ0v) is 10.6. The van der Waals surface area contributed by atoms with Crippen molar-refractivity contribution in [2.75, 3.05) is 26.5 Å². The number of nitrogens with one attached hydrogen (secondary N) is 1. The molecule has 5 heteroatoms. The monoisotopic (exact) mass is 229 g/mol.